The molecule has 0 radical (unpaired) electrons. The Morgan fingerprint density at radius 3 is 1.97 bits per heavy atom. The number of aromatic nitrogens is 1. The molecule has 0 spiro atoms. The topological polar surface area (TPSA) is 77.8 Å². The summed E-state index contributed by atoms with van der Waals surface area (Å²) in [6.45, 7) is 3.09. The molecule has 4 aromatic rings. The van der Waals surface area contributed by atoms with E-state index in [1.54, 1.807) is 0 Å². The van der Waals surface area contributed by atoms with Crippen molar-refractivity contribution in [3.05, 3.63) is 90.5 Å². The summed E-state index contributed by atoms with van der Waals surface area (Å²) in [7, 11) is 2.04. The molecule has 1 aliphatic rings. The molecule has 1 aromatic heterocycles. The molecule has 0 bridgehead atoms. The number of nitrogens with zero attached hydrogens (tertiary/aromatic N) is 3. The number of fused-ring (bicyclic) bond motifs is 1. The minimum atomic E-state index is -5.08. The Hall–Kier alpha value is -4.31. The molecule has 0 saturated carbocycles. The number of nitrogens with one attached hydrogen (secondary N) is 1. The molecule has 1 saturated heterocycles. The highest BCUT2D eigenvalue weighted by Gasteiger charge is 2.38. The molecule has 1 aliphatic heterocycles. The highest BCUT2D eigenvalue weighted by atomic mass is 19.4. The van der Waals surface area contributed by atoms with E-state index in [1.807, 2.05) is 60.5 Å². The van der Waals surface area contributed by atoms with E-state index >= 15 is 0 Å². The monoisotopic (exact) mass is 524 g/mol. The van der Waals surface area contributed by atoms with Crippen molar-refractivity contribution in [2.75, 3.05) is 38.1 Å². The molecule has 3 aromatic carbocycles. The SMILES string of the molecule is CN(c1ccccc1)c1c(C(=O)N2CCNCC2)c2ccccc2n1-c1ccccc1.O=C(O)C(F)(F)F. The second-order valence-electron chi connectivity index (χ2n) is 8.63. The minimum absolute atomic E-state index is 0.0881. The predicted molar refractivity (Wildman–Crippen MR) is 140 cm³/mol. The molecule has 0 atom stereocenters. The third-order valence-electron chi connectivity index (χ3n) is 6.19. The zero-order valence-corrected chi connectivity index (χ0v) is 20.7. The summed E-state index contributed by atoms with van der Waals surface area (Å²) in [4.78, 5) is 26.9. The van der Waals surface area contributed by atoms with Gasteiger partial charge in [-0.2, -0.15) is 13.2 Å². The standard InChI is InChI=1S/C26H26N4O.C2HF3O2/c1-28(20-10-4-2-5-11-20)25-24(26(31)29-18-16-27-17-19-29)22-14-8-9-15-23(22)30(25)21-12-6-3-7-13-21;3-2(4,5)1(6)7/h2-15,27H,16-19H2,1H3;(H,6,7). The molecule has 7 nitrogen and oxygen atoms in total. The number of halogens is 3. The van der Waals surface area contributed by atoms with Crippen LogP contribution in [-0.2, 0) is 4.79 Å². The van der Waals surface area contributed by atoms with Gasteiger partial charge < -0.3 is 20.2 Å². The highest BCUT2D eigenvalue weighted by Crippen LogP contribution is 2.39. The maximum absolute atomic E-state index is 13.9. The van der Waals surface area contributed by atoms with Crippen LogP contribution in [0.2, 0.25) is 0 Å². The zero-order chi connectivity index (χ0) is 27.3. The number of carboxylic acids is 1. The minimum Gasteiger partial charge on any atom is -0.475 e. The van der Waals surface area contributed by atoms with Gasteiger partial charge in [0.1, 0.15) is 5.82 Å². The first kappa shape index (κ1) is 26.7. The van der Waals surface area contributed by atoms with E-state index in [-0.39, 0.29) is 5.91 Å². The Bertz CT molecular complexity index is 1400. The maximum Gasteiger partial charge on any atom is 0.490 e. The Balaban J connectivity index is 0.000000426. The molecule has 1 fully saturated rings. The van der Waals surface area contributed by atoms with Gasteiger partial charge in [0, 0.05) is 50.0 Å². The Morgan fingerprint density at radius 2 is 1.39 bits per heavy atom. The van der Waals surface area contributed by atoms with Crippen LogP contribution in [0.1, 0.15) is 10.4 Å². The number of amides is 1. The van der Waals surface area contributed by atoms with Crippen LogP contribution in [0.15, 0.2) is 84.9 Å². The molecule has 5 rings (SSSR count). The van der Waals surface area contributed by atoms with Crippen molar-refractivity contribution in [1.82, 2.24) is 14.8 Å². The number of carboxylic acid groups (broad SMARTS) is 1. The van der Waals surface area contributed by atoms with Crippen LogP contribution >= 0.6 is 0 Å². The second kappa shape index (κ2) is 11.4. The fourth-order valence-corrected chi connectivity index (χ4v) is 4.39. The van der Waals surface area contributed by atoms with Gasteiger partial charge in [-0.3, -0.25) is 9.36 Å². The highest BCUT2D eigenvalue weighted by molar-refractivity contribution is 6.13. The van der Waals surface area contributed by atoms with E-state index in [0.29, 0.717) is 0 Å². The first-order valence-corrected chi connectivity index (χ1v) is 12.0. The number of para-hydroxylation sites is 3. The molecule has 2 heterocycles. The summed E-state index contributed by atoms with van der Waals surface area (Å²) in [5.41, 5.74) is 3.87. The third kappa shape index (κ3) is 5.65. The second-order valence-corrected chi connectivity index (χ2v) is 8.63. The lowest BCUT2D eigenvalue weighted by Gasteiger charge is -2.29. The summed E-state index contributed by atoms with van der Waals surface area (Å²) < 4.78 is 33.9. The number of carbonyl (C=O) groups is 2. The smallest absolute Gasteiger partial charge is 0.475 e. The lowest BCUT2D eigenvalue weighted by molar-refractivity contribution is -0.192. The number of hydrogen-bond acceptors (Lipinski definition) is 4. The van der Waals surface area contributed by atoms with Crippen LogP contribution in [-0.4, -0.2) is 65.9 Å². The van der Waals surface area contributed by atoms with E-state index in [4.69, 9.17) is 9.90 Å². The number of benzene rings is 3. The fraction of sp³-hybridized carbons (Fsp3) is 0.214. The Kier molecular flexibility index (Phi) is 8.02. The average molecular weight is 525 g/mol. The maximum atomic E-state index is 13.9. The van der Waals surface area contributed by atoms with E-state index in [2.05, 4.69) is 51.2 Å². The van der Waals surface area contributed by atoms with Gasteiger partial charge >= 0.3 is 12.1 Å². The van der Waals surface area contributed by atoms with Gasteiger partial charge in [0.05, 0.1) is 11.1 Å². The van der Waals surface area contributed by atoms with Gasteiger partial charge in [0.25, 0.3) is 5.91 Å². The van der Waals surface area contributed by atoms with Crippen LogP contribution in [0.3, 0.4) is 0 Å². The van der Waals surface area contributed by atoms with Gasteiger partial charge in [0.15, 0.2) is 0 Å². The summed E-state index contributed by atoms with van der Waals surface area (Å²) >= 11 is 0. The average Bonchev–Trinajstić information content (AvgIpc) is 3.28. The fourth-order valence-electron chi connectivity index (χ4n) is 4.39. The number of aliphatic carboxylic acids is 1. The van der Waals surface area contributed by atoms with Crippen molar-refractivity contribution >= 4 is 34.3 Å². The van der Waals surface area contributed by atoms with Crippen LogP contribution in [0.4, 0.5) is 24.7 Å². The summed E-state index contributed by atoms with van der Waals surface area (Å²) in [6, 6.07) is 28.7. The van der Waals surface area contributed by atoms with Crippen molar-refractivity contribution in [3.63, 3.8) is 0 Å². The first-order chi connectivity index (χ1) is 18.2. The van der Waals surface area contributed by atoms with Crippen molar-refractivity contribution in [2.24, 2.45) is 0 Å². The van der Waals surface area contributed by atoms with E-state index in [0.717, 1.165) is 59.8 Å². The van der Waals surface area contributed by atoms with Gasteiger partial charge in [-0.05, 0) is 30.3 Å². The third-order valence-corrected chi connectivity index (χ3v) is 6.19. The Morgan fingerprint density at radius 1 is 0.868 bits per heavy atom. The largest absolute Gasteiger partial charge is 0.490 e. The van der Waals surface area contributed by atoms with E-state index in [1.165, 1.54) is 0 Å². The number of hydrogen-bond donors (Lipinski definition) is 2. The molecule has 198 valence electrons. The molecule has 0 aliphatic carbocycles. The molecule has 0 unspecified atom stereocenters. The first-order valence-electron chi connectivity index (χ1n) is 12.0. The van der Waals surface area contributed by atoms with E-state index < -0.39 is 12.1 Å². The number of rotatable bonds is 4. The quantitative estimate of drug-likeness (QED) is 0.390. The number of alkyl halides is 3. The molecule has 10 heteroatoms. The van der Waals surface area contributed by atoms with Gasteiger partial charge in [-0.15, -0.1) is 0 Å². The van der Waals surface area contributed by atoms with Gasteiger partial charge in [-0.1, -0.05) is 54.6 Å². The number of carbonyl (C=O) groups excluding carboxylic acids is 1. The normalized spacial score (nSPS) is 13.5. The van der Waals surface area contributed by atoms with Crippen LogP contribution < -0.4 is 10.2 Å². The van der Waals surface area contributed by atoms with Crippen molar-refractivity contribution in [3.8, 4) is 5.69 Å². The summed E-state index contributed by atoms with van der Waals surface area (Å²) in [5, 5.41) is 11.4. The van der Waals surface area contributed by atoms with Crippen LogP contribution in [0.25, 0.3) is 16.6 Å². The lowest BCUT2D eigenvalue weighted by Crippen LogP contribution is -2.46. The molecular formula is C28H27F3N4O3. The van der Waals surface area contributed by atoms with Crippen LogP contribution in [0.5, 0.6) is 0 Å². The lowest BCUT2D eigenvalue weighted by atomic mass is 10.1. The molecular weight excluding hydrogens is 497 g/mol. The summed E-state index contributed by atoms with van der Waals surface area (Å²) in [5.74, 6) is -1.78. The van der Waals surface area contributed by atoms with Gasteiger partial charge in [0.2, 0.25) is 0 Å². The Labute approximate surface area is 217 Å². The van der Waals surface area contributed by atoms with Crippen molar-refractivity contribution in [2.45, 2.75) is 6.18 Å². The molecule has 2 N–H and O–H groups in total. The number of piperazine rings is 1. The van der Waals surface area contributed by atoms with Crippen molar-refractivity contribution in [1.29, 1.82) is 0 Å². The molecule has 38 heavy (non-hydrogen) atoms. The number of anilines is 2. The zero-order valence-electron chi connectivity index (χ0n) is 20.7. The summed E-state index contributed by atoms with van der Waals surface area (Å²) in [6.07, 6.45) is -5.08. The van der Waals surface area contributed by atoms with Crippen molar-refractivity contribution < 1.29 is 27.9 Å². The predicted octanol–water partition coefficient (Wildman–Crippen LogP) is 5.08. The van der Waals surface area contributed by atoms with Gasteiger partial charge in [-0.25, -0.2) is 4.79 Å². The van der Waals surface area contributed by atoms with E-state index in [9.17, 15) is 18.0 Å². The molecule has 1 amide bonds. The van der Waals surface area contributed by atoms with Crippen LogP contribution in [0, 0.1) is 0 Å².